The van der Waals surface area contributed by atoms with Crippen molar-refractivity contribution in [3.05, 3.63) is 12.2 Å². The number of rotatable bonds is 12. The molecule has 2 heterocycles. The highest BCUT2D eigenvalue weighted by Crippen LogP contribution is 2.10. The molecule has 0 radical (unpaired) electrons. The molecule has 2 aliphatic heterocycles. The lowest BCUT2D eigenvalue weighted by molar-refractivity contribution is -0.140. The Balaban J connectivity index is 1.37. The minimum absolute atomic E-state index is 0.143. The predicted molar refractivity (Wildman–Crippen MR) is 84.3 cm³/mol. The Labute approximate surface area is 145 Å². The van der Waals surface area contributed by atoms with Crippen molar-refractivity contribution >= 4 is 23.6 Å². The van der Waals surface area contributed by atoms with Gasteiger partial charge in [0.2, 0.25) is 11.8 Å². The van der Waals surface area contributed by atoms with E-state index in [0.717, 1.165) is 4.90 Å². The molecule has 0 unspecified atom stereocenters. The minimum atomic E-state index is -0.320. The molecule has 25 heavy (non-hydrogen) atoms. The molecule has 0 bridgehead atoms. The summed E-state index contributed by atoms with van der Waals surface area (Å²) in [6.45, 7) is 2.51. The van der Waals surface area contributed by atoms with Crippen LogP contribution in [0.25, 0.3) is 0 Å². The summed E-state index contributed by atoms with van der Waals surface area (Å²) in [5.74, 6) is -0.927. The molecule has 2 rings (SSSR count). The molecule has 0 aliphatic carbocycles. The van der Waals surface area contributed by atoms with Crippen molar-refractivity contribution in [2.24, 2.45) is 0 Å². The second kappa shape index (κ2) is 10.0. The third-order valence-electron chi connectivity index (χ3n) is 3.72. The monoisotopic (exact) mass is 354 g/mol. The molecule has 0 atom stereocenters. The van der Waals surface area contributed by atoms with Crippen molar-refractivity contribution in [1.82, 2.24) is 9.80 Å². The van der Waals surface area contributed by atoms with Crippen LogP contribution in [-0.4, -0.2) is 86.2 Å². The maximum atomic E-state index is 11.4. The molecule has 9 heteroatoms. The van der Waals surface area contributed by atoms with Gasteiger partial charge in [-0.15, -0.1) is 0 Å². The van der Waals surface area contributed by atoms with Gasteiger partial charge in [-0.3, -0.25) is 29.0 Å². The maximum Gasteiger partial charge on any atom is 0.253 e. The molecule has 9 nitrogen and oxygen atoms in total. The molecule has 0 N–H and O–H groups in total. The normalized spacial score (nSPS) is 17.4. The summed E-state index contributed by atoms with van der Waals surface area (Å²) in [4.78, 5) is 47.6. The molecule has 0 aromatic heterocycles. The van der Waals surface area contributed by atoms with Gasteiger partial charge in [-0.05, 0) is 0 Å². The van der Waals surface area contributed by atoms with Crippen LogP contribution in [0.5, 0.6) is 0 Å². The van der Waals surface area contributed by atoms with E-state index in [-0.39, 0.29) is 43.3 Å². The molecule has 1 fully saturated rings. The van der Waals surface area contributed by atoms with Gasteiger partial charge in [0.05, 0.1) is 52.7 Å². The molecular weight excluding hydrogens is 332 g/mol. The Hall–Kier alpha value is -2.10. The quantitative estimate of drug-likeness (QED) is 0.331. The summed E-state index contributed by atoms with van der Waals surface area (Å²) in [7, 11) is 0. The van der Waals surface area contributed by atoms with Gasteiger partial charge in [0, 0.05) is 25.0 Å². The summed E-state index contributed by atoms with van der Waals surface area (Å²) >= 11 is 0. The van der Waals surface area contributed by atoms with Crippen LogP contribution in [0.4, 0.5) is 0 Å². The van der Waals surface area contributed by atoms with E-state index in [1.807, 2.05) is 0 Å². The first kappa shape index (κ1) is 19.2. The van der Waals surface area contributed by atoms with Crippen LogP contribution >= 0.6 is 0 Å². The number of ether oxygens (including phenoxy) is 3. The SMILES string of the molecule is O=C1C=CC(=O)N1CCOCCOCCOCCN1C(=O)CCC1=O. The zero-order valence-electron chi connectivity index (χ0n) is 14.0. The van der Waals surface area contributed by atoms with Crippen LogP contribution in [0.2, 0.25) is 0 Å². The van der Waals surface area contributed by atoms with Crippen LogP contribution < -0.4 is 0 Å². The largest absolute Gasteiger partial charge is 0.377 e. The average Bonchev–Trinajstić information content (AvgIpc) is 3.08. The Morgan fingerprint density at radius 1 is 0.640 bits per heavy atom. The van der Waals surface area contributed by atoms with Crippen molar-refractivity contribution < 1.29 is 33.4 Å². The van der Waals surface area contributed by atoms with E-state index in [1.165, 1.54) is 17.1 Å². The molecule has 2 aliphatic rings. The first-order chi connectivity index (χ1) is 12.1. The van der Waals surface area contributed by atoms with Gasteiger partial charge in [-0.25, -0.2) is 0 Å². The lowest BCUT2D eigenvalue weighted by Crippen LogP contribution is -2.33. The van der Waals surface area contributed by atoms with Crippen molar-refractivity contribution in [2.45, 2.75) is 12.8 Å². The van der Waals surface area contributed by atoms with Crippen LogP contribution in [0.15, 0.2) is 12.2 Å². The molecule has 0 saturated carbocycles. The van der Waals surface area contributed by atoms with E-state index in [2.05, 4.69) is 0 Å². The van der Waals surface area contributed by atoms with Crippen molar-refractivity contribution in [1.29, 1.82) is 0 Å². The van der Waals surface area contributed by atoms with Crippen molar-refractivity contribution in [3.63, 3.8) is 0 Å². The number of nitrogens with zero attached hydrogens (tertiary/aromatic N) is 2. The average molecular weight is 354 g/mol. The third-order valence-corrected chi connectivity index (χ3v) is 3.72. The lowest BCUT2D eigenvalue weighted by atomic mass is 10.4. The highest BCUT2D eigenvalue weighted by molar-refractivity contribution is 6.12. The van der Waals surface area contributed by atoms with Crippen molar-refractivity contribution in [2.75, 3.05) is 52.7 Å². The highest BCUT2D eigenvalue weighted by atomic mass is 16.5. The van der Waals surface area contributed by atoms with E-state index in [9.17, 15) is 19.2 Å². The van der Waals surface area contributed by atoms with Gasteiger partial charge < -0.3 is 14.2 Å². The van der Waals surface area contributed by atoms with E-state index in [0.29, 0.717) is 45.9 Å². The summed E-state index contributed by atoms with van der Waals surface area (Å²) in [6.07, 6.45) is 3.05. The maximum absolute atomic E-state index is 11.4. The van der Waals surface area contributed by atoms with E-state index in [4.69, 9.17) is 14.2 Å². The fraction of sp³-hybridized carbons (Fsp3) is 0.625. The number of amides is 4. The molecular formula is C16H22N2O7. The van der Waals surface area contributed by atoms with Gasteiger partial charge in [0.1, 0.15) is 0 Å². The molecule has 0 aromatic carbocycles. The topological polar surface area (TPSA) is 102 Å². The highest BCUT2D eigenvalue weighted by Gasteiger charge is 2.28. The van der Waals surface area contributed by atoms with Crippen LogP contribution in [-0.2, 0) is 33.4 Å². The number of carbonyl (C=O) groups is 4. The first-order valence-electron chi connectivity index (χ1n) is 8.19. The second-order valence-corrected chi connectivity index (χ2v) is 5.44. The summed E-state index contributed by atoms with van der Waals surface area (Å²) in [5.41, 5.74) is 0. The Morgan fingerprint density at radius 3 is 1.52 bits per heavy atom. The van der Waals surface area contributed by atoms with Crippen LogP contribution in [0.3, 0.4) is 0 Å². The molecule has 0 aromatic rings. The van der Waals surface area contributed by atoms with Gasteiger partial charge in [-0.2, -0.15) is 0 Å². The van der Waals surface area contributed by atoms with Gasteiger partial charge >= 0.3 is 0 Å². The number of imide groups is 2. The van der Waals surface area contributed by atoms with Crippen LogP contribution in [0.1, 0.15) is 12.8 Å². The summed E-state index contributed by atoms with van der Waals surface area (Å²) in [6, 6.07) is 0. The standard InChI is InChI=1S/C16H22N2O7/c19-13-1-2-14(20)17(13)5-7-23-9-11-25-12-10-24-8-6-18-15(21)3-4-16(18)22/h1-2H,3-12H2. The summed E-state index contributed by atoms with van der Waals surface area (Å²) < 4.78 is 15.9. The second-order valence-electron chi connectivity index (χ2n) is 5.44. The lowest BCUT2D eigenvalue weighted by Gasteiger charge is -2.14. The van der Waals surface area contributed by atoms with Crippen LogP contribution in [0, 0.1) is 0 Å². The number of likely N-dealkylation sites (tertiary alicyclic amines) is 1. The Bertz CT molecular complexity index is 503. The van der Waals surface area contributed by atoms with Gasteiger partial charge in [-0.1, -0.05) is 0 Å². The number of carbonyl (C=O) groups excluding carboxylic acids is 4. The van der Waals surface area contributed by atoms with E-state index < -0.39 is 0 Å². The van der Waals surface area contributed by atoms with Crippen molar-refractivity contribution in [3.8, 4) is 0 Å². The smallest absolute Gasteiger partial charge is 0.253 e. The molecule has 4 amide bonds. The van der Waals surface area contributed by atoms with Gasteiger partial charge in [0.15, 0.2) is 0 Å². The third kappa shape index (κ3) is 6.04. The first-order valence-corrected chi connectivity index (χ1v) is 8.19. The molecule has 138 valence electrons. The van der Waals surface area contributed by atoms with Gasteiger partial charge in [0.25, 0.3) is 11.8 Å². The molecule has 1 saturated heterocycles. The Kier molecular flexibility index (Phi) is 7.71. The fourth-order valence-corrected chi connectivity index (χ4v) is 2.38. The fourth-order valence-electron chi connectivity index (χ4n) is 2.38. The Morgan fingerprint density at radius 2 is 1.04 bits per heavy atom. The molecule has 0 spiro atoms. The predicted octanol–water partition coefficient (Wildman–Crippen LogP) is -0.890. The summed E-state index contributed by atoms with van der Waals surface area (Å²) in [5, 5.41) is 0. The zero-order valence-corrected chi connectivity index (χ0v) is 14.0. The zero-order chi connectivity index (χ0) is 18.1. The minimum Gasteiger partial charge on any atom is -0.377 e. The van der Waals surface area contributed by atoms with E-state index >= 15 is 0 Å². The number of hydrogen-bond donors (Lipinski definition) is 0. The number of hydrogen-bond acceptors (Lipinski definition) is 7. The van der Waals surface area contributed by atoms with E-state index in [1.54, 1.807) is 0 Å².